The van der Waals surface area contributed by atoms with Crippen molar-refractivity contribution < 1.29 is 27.9 Å². The van der Waals surface area contributed by atoms with Gasteiger partial charge in [-0.05, 0) is 65.6 Å². The van der Waals surface area contributed by atoms with Crippen molar-refractivity contribution in [1.29, 1.82) is 0 Å². The van der Waals surface area contributed by atoms with E-state index < -0.39 is 17.7 Å². The molecule has 10 heteroatoms. The van der Waals surface area contributed by atoms with Gasteiger partial charge in [0.2, 0.25) is 0 Å². The van der Waals surface area contributed by atoms with Gasteiger partial charge in [0, 0.05) is 47.4 Å². The van der Waals surface area contributed by atoms with Crippen molar-refractivity contribution in [3.05, 3.63) is 106 Å². The van der Waals surface area contributed by atoms with Crippen molar-refractivity contribution in [2.24, 2.45) is 0 Å². The number of ketones is 1. The van der Waals surface area contributed by atoms with Gasteiger partial charge in [-0.2, -0.15) is 13.2 Å². The number of hydrogen-bond donors (Lipinski definition) is 2. The van der Waals surface area contributed by atoms with Crippen molar-refractivity contribution in [3.8, 4) is 22.3 Å². The van der Waals surface area contributed by atoms with Gasteiger partial charge in [0.25, 0.3) is 0 Å². The lowest BCUT2D eigenvalue weighted by Gasteiger charge is -2.16. The minimum atomic E-state index is -4.54. The predicted molar refractivity (Wildman–Crippen MR) is 150 cm³/mol. The van der Waals surface area contributed by atoms with Crippen molar-refractivity contribution in [1.82, 2.24) is 4.98 Å². The number of carbonyl (C=O) groups is 2. The number of rotatable bonds is 10. The van der Waals surface area contributed by atoms with Gasteiger partial charge < -0.3 is 10.4 Å². The Morgan fingerprint density at radius 2 is 1.57 bits per heavy atom. The highest BCUT2D eigenvalue weighted by Crippen LogP contribution is 2.35. The molecule has 0 unspecified atom stereocenters. The SMILES string of the molecule is O=C(O)CCCC(=O)c1ccc(-c2cc(C(F)(F)F)ccc2CNc2ccc(-c3ccc(Cl)cc3)c(Cl)c2)cn1. The molecule has 4 aromatic rings. The zero-order valence-corrected chi connectivity index (χ0v) is 22.4. The topological polar surface area (TPSA) is 79.3 Å². The lowest BCUT2D eigenvalue weighted by Crippen LogP contribution is -2.08. The average molecular weight is 587 g/mol. The summed E-state index contributed by atoms with van der Waals surface area (Å²) in [6.45, 7) is 0.194. The first-order valence-corrected chi connectivity index (χ1v) is 13.0. The van der Waals surface area contributed by atoms with Crippen LogP contribution in [0.25, 0.3) is 22.3 Å². The second kappa shape index (κ2) is 12.5. The standard InChI is InChI=1S/C30H23Cl2F3N2O3/c31-22-9-5-18(6-10-22)24-12-11-23(15-26(24)32)36-16-19-4-8-21(30(33,34)35)14-25(19)20-7-13-27(37-17-20)28(38)2-1-3-29(39)40/h4-15,17,36H,1-3,16H2,(H,39,40). The van der Waals surface area contributed by atoms with Gasteiger partial charge in [0.15, 0.2) is 5.78 Å². The molecular weight excluding hydrogens is 564 g/mol. The zero-order valence-electron chi connectivity index (χ0n) is 20.9. The number of carboxylic acids is 1. The molecule has 1 aromatic heterocycles. The molecule has 0 saturated carbocycles. The van der Waals surface area contributed by atoms with Crippen LogP contribution in [0.4, 0.5) is 18.9 Å². The first kappa shape index (κ1) is 29.1. The summed E-state index contributed by atoms with van der Waals surface area (Å²) in [5.74, 6) is -1.33. The van der Waals surface area contributed by atoms with Crippen molar-refractivity contribution in [3.63, 3.8) is 0 Å². The van der Waals surface area contributed by atoms with Crippen LogP contribution in [0.2, 0.25) is 10.0 Å². The largest absolute Gasteiger partial charge is 0.481 e. The van der Waals surface area contributed by atoms with Crippen LogP contribution in [0.1, 0.15) is 40.9 Å². The van der Waals surface area contributed by atoms with Gasteiger partial charge in [-0.3, -0.25) is 14.6 Å². The van der Waals surface area contributed by atoms with Crippen LogP contribution in [0.5, 0.6) is 0 Å². The molecular formula is C30H23Cl2F3N2O3. The summed E-state index contributed by atoms with van der Waals surface area (Å²) in [5, 5.41) is 13.1. The maximum Gasteiger partial charge on any atom is 0.416 e. The second-order valence-corrected chi connectivity index (χ2v) is 9.87. The molecule has 0 aliphatic carbocycles. The Labute approximate surface area is 238 Å². The van der Waals surface area contributed by atoms with Gasteiger partial charge in [-0.15, -0.1) is 0 Å². The first-order chi connectivity index (χ1) is 19.0. The van der Waals surface area contributed by atoms with Gasteiger partial charge in [-0.25, -0.2) is 0 Å². The van der Waals surface area contributed by atoms with Gasteiger partial charge in [-0.1, -0.05) is 53.5 Å². The van der Waals surface area contributed by atoms with Gasteiger partial charge >= 0.3 is 12.1 Å². The van der Waals surface area contributed by atoms with Crippen molar-refractivity contribution in [2.75, 3.05) is 5.32 Å². The number of halogens is 5. The highest BCUT2D eigenvalue weighted by molar-refractivity contribution is 6.33. The molecule has 0 spiro atoms. The molecule has 4 rings (SSSR count). The molecule has 0 fully saturated rings. The number of pyridine rings is 1. The van der Waals surface area contributed by atoms with E-state index in [1.807, 2.05) is 24.3 Å². The summed E-state index contributed by atoms with van der Waals surface area (Å²) in [5.41, 5.74) is 2.98. The molecule has 0 radical (unpaired) electrons. The van der Waals surface area contributed by atoms with Crippen LogP contribution >= 0.6 is 23.2 Å². The van der Waals surface area contributed by atoms with Crippen molar-refractivity contribution in [2.45, 2.75) is 32.0 Å². The predicted octanol–water partition coefficient (Wildman–Crippen LogP) is 8.79. The molecule has 40 heavy (non-hydrogen) atoms. The van der Waals surface area contributed by atoms with E-state index in [1.165, 1.54) is 24.4 Å². The van der Waals surface area contributed by atoms with Crippen LogP contribution in [0.15, 0.2) is 79.0 Å². The van der Waals surface area contributed by atoms with E-state index in [0.29, 0.717) is 32.4 Å². The monoisotopic (exact) mass is 586 g/mol. The summed E-state index contributed by atoms with van der Waals surface area (Å²) >= 11 is 12.5. The maximum atomic E-state index is 13.5. The molecule has 2 N–H and O–H groups in total. The lowest BCUT2D eigenvalue weighted by molar-refractivity contribution is -0.138. The van der Waals surface area contributed by atoms with E-state index in [0.717, 1.165) is 23.3 Å². The Balaban J connectivity index is 1.56. The summed E-state index contributed by atoms with van der Waals surface area (Å²) in [7, 11) is 0. The summed E-state index contributed by atoms with van der Waals surface area (Å²) in [4.78, 5) is 27.1. The van der Waals surface area contributed by atoms with Crippen LogP contribution in [0.3, 0.4) is 0 Å². The third kappa shape index (κ3) is 7.40. The molecule has 206 valence electrons. The fraction of sp³-hybridized carbons (Fsp3) is 0.167. The van der Waals surface area contributed by atoms with E-state index in [4.69, 9.17) is 28.3 Å². The number of carboxylic acid groups (broad SMARTS) is 1. The summed E-state index contributed by atoms with van der Waals surface area (Å²) in [6.07, 6.45) is -3.15. The molecule has 0 saturated heterocycles. The molecule has 0 aliphatic heterocycles. The average Bonchev–Trinajstić information content (AvgIpc) is 2.92. The number of Topliss-reactive ketones (excluding diaryl/α,β-unsaturated/α-hetero) is 1. The maximum absolute atomic E-state index is 13.5. The Kier molecular flexibility index (Phi) is 9.12. The molecule has 0 atom stereocenters. The third-order valence-electron chi connectivity index (χ3n) is 6.20. The number of aromatic nitrogens is 1. The van der Waals surface area contributed by atoms with E-state index in [-0.39, 0.29) is 37.3 Å². The fourth-order valence-electron chi connectivity index (χ4n) is 4.11. The summed E-state index contributed by atoms with van der Waals surface area (Å²) < 4.78 is 40.5. The molecule has 1 heterocycles. The Morgan fingerprint density at radius 3 is 2.20 bits per heavy atom. The highest BCUT2D eigenvalue weighted by Gasteiger charge is 2.31. The Hall–Kier alpha value is -3.88. The van der Waals surface area contributed by atoms with Crippen LogP contribution in [-0.4, -0.2) is 21.8 Å². The number of hydrogen-bond acceptors (Lipinski definition) is 4. The van der Waals surface area contributed by atoms with E-state index >= 15 is 0 Å². The number of aliphatic carboxylic acids is 1. The highest BCUT2D eigenvalue weighted by atomic mass is 35.5. The number of carbonyl (C=O) groups excluding carboxylic acids is 1. The number of nitrogens with zero attached hydrogens (tertiary/aromatic N) is 1. The Bertz CT molecular complexity index is 1520. The number of nitrogens with one attached hydrogen (secondary N) is 1. The molecule has 0 amide bonds. The van der Waals surface area contributed by atoms with Crippen LogP contribution < -0.4 is 5.32 Å². The number of alkyl halides is 3. The smallest absolute Gasteiger partial charge is 0.416 e. The lowest BCUT2D eigenvalue weighted by atomic mass is 9.97. The van der Waals surface area contributed by atoms with Gasteiger partial charge in [0.05, 0.1) is 10.6 Å². The van der Waals surface area contributed by atoms with E-state index in [9.17, 15) is 22.8 Å². The summed E-state index contributed by atoms with van der Waals surface area (Å²) in [6, 6.07) is 19.1. The number of benzene rings is 3. The fourth-order valence-corrected chi connectivity index (χ4v) is 4.52. The molecule has 0 aliphatic rings. The van der Waals surface area contributed by atoms with Crippen LogP contribution in [0, 0.1) is 0 Å². The van der Waals surface area contributed by atoms with Crippen molar-refractivity contribution >= 4 is 40.6 Å². The van der Waals surface area contributed by atoms with E-state index in [2.05, 4.69) is 10.3 Å². The number of anilines is 1. The first-order valence-electron chi connectivity index (χ1n) is 12.2. The second-order valence-electron chi connectivity index (χ2n) is 9.03. The molecule has 3 aromatic carbocycles. The normalized spacial score (nSPS) is 11.3. The molecule has 5 nitrogen and oxygen atoms in total. The minimum Gasteiger partial charge on any atom is -0.481 e. The van der Waals surface area contributed by atoms with Gasteiger partial charge in [0.1, 0.15) is 5.69 Å². The quantitative estimate of drug-likeness (QED) is 0.181. The van der Waals surface area contributed by atoms with E-state index in [1.54, 1.807) is 18.2 Å². The third-order valence-corrected chi connectivity index (χ3v) is 6.76. The minimum absolute atomic E-state index is 0.0107. The van der Waals surface area contributed by atoms with Crippen LogP contribution in [-0.2, 0) is 17.5 Å². The Morgan fingerprint density at radius 1 is 0.850 bits per heavy atom. The molecule has 0 bridgehead atoms. The zero-order chi connectivity index (χ0) is 28.9.